The monoisotopic (exact) mass is 553 g/mol. The number of benzene rings is 4. The number of hydrogen-bond acceptors (Lipinski definition) is 5. The van der Waals surface area contributed by atoms with Crippen LogP contribution in [-0.4, -0.2) is 12.5 Å². The first-order chi connectivity index (χ1) is 19.2. The highest BCUT2D eigenvalue weighted by Crippen LogP contribution is 2.33. The lowest BCUT2D eigenvalue weighted by Gasteiger charge is -2.19. The molecule has 0 unspecified atom stereocenters. The first-order valence-electron chi connectivity index (χ1n) is 12.8. The lowest BCUT2D eigenvalue weighted by Crippen LogP contribution is -2.22. The molecule has 0 spiro atoms. The molecule has 0 bridgehead atoms. The summed E-state index contributed by atoms with van der Waals surface area (Å²) in [5, 5.41) is 3.44. The van der Waals surface area contributed by atoms with E-state index in [1.54, 1.807) is 36.4 Å². The van der Waals surface area contributed by atoms with Crippen LogP contribution in [0.25, 0.3) is 22.3 Å². The van der Waals surface area contributed by atoms with Gasteiger partial charge in [-0.25, -0.2) is 0 Å². The molecule has 1 N–H and O–H groups in total. The fourth-order valence-corrected chi connectivity index (χ4v) is 4.33. The largest absolute Gasteiger partial charge is 0.476 e. The molecular weight excluding hydrogens is 526 g/mol. The summed E-state index contributed by atoms with van der Waals surface area (Å²) in [5.41, 5.74) is 2.28. The van der Waals surface area contributed by atoms with Crippen LogP contribution in [0.1, 0.15) is 26.3 Å². The zero-order valence-corrected chi connectivity index (χ0v) is 23.1. The maximum absolute atomic E-state index is 13.5. The van der Waals surface area contributed by atoms with Gasteiger partial charge in [0, 0.05) is 16.3 Å². The van der Waals surface area contributed by atoms with E-state index in [-0.39, 0.29) is 22.3 Å². The zero-order valence-electron chi connectivity index (χ0n) is 22.4. The van der Waals surface area contributed by atoms with Crippen LogP contribution in [0, 0.1) is 0 Å². The molecule has 0 fully saturated rings. The molecule has 5 rings (SSSR count). The number of carbonyl (C=O) groups is 1. The first-order valence-corrected chi connectivity index (χ1v) is 13.2. The van der Waals surface area contributed by atoms with Gasteiger partial charge in [-0.3, -0.25) is 9.59 Å². The highest BCUT2D eigenvalue weighted by molar-refractivity contribution is 6.31. The Bertz CT molecular complexity index is 1700. The number of nitrogens with one attached hydrogen (secondary N) is 1. The normalized spacial score (nSPS) is 11.3. The van der Waals surface area contributed by atoms with Gasteiger partial charge in [-0.2, -0.15) is 0 Å². The maximum atomic E-state index is 13.5. The van der Waals surface area contributed by atoms with Gasteiger partial charge in [0.2, 0.25) is 11.2 Å². The molecule has 202 valence electrons. The molecule has 1 amide bonds. The minimum absolute atomic E-state index is 0.0389. The summed E-state index contributed by atoms with van der Waals surface area (Å²) in [7, 11) is 0. The minimum Gasteiger partial charge on any atom is -0.476 e. The number of anilines is 1. The van der Waals surface area contributed by atoms with E-state index in [2.05, 4.69) is 26.1 Å². The molecule has 0 saturated heterocycles. The molecule has 0 atom stereocenters. The molecular formula is C33H28ClNO5. The number of fused-ring (bicyclic) bond motifs is 1. The van der Waals surface area contributed by atoms with Gasteiger partial charge >= 0.3 is 0 Å². The third-order valence-electron chi connectivity index (χ3n) is 6.29. The van der Waals surface area contributed by atoms with Crippen LogP contribution in [0.4, 0.5) is 5.69 Å². The molecule has 0 aliphatic heterocycles. The number of hydrogen-bond donors (Lipinski definition) is 1. The molecule has 5 aromatic rings. The SMILES string of the molecule is CC(C)(C)c1ccc(-c2oc3ccc(Cl)cc3c(=O)c2OCC(=O)Nc2ccc(Oc3ccccc3)cc2)cc1. The van der Waals surface area contributed by atoms with E-state index in [0.29, 0.717) is 33.4 Å². The maximum Gasteiger partial charge on any atom is 0.262 e. The van der Waals surface area contributed by atoms with Gasteiger partial charge in [-0.05, 0) is 65.6 Å². The Balaban J connectivity index is 1.36. The highest BCUT2D eigenvalue weighted by Gasteiger charge is 2.20. The van der Waals surface area contributed by atoms with Gasteiger partial charge in [0.25, 0.3) is 5.91 Å². The quantitative estimate of drug-likeness (QED) is 0.220. The summed E-state index contributed by atoms with van der Waals surface area (Å²) >= 11 is 6.14. The van der Waals surface area contributed by atoms with Crippen LogP contribution >= 0.6 is 11.6 Å². The van der Waals surface area contributed by atoms with E-state index in [1.165, 1.54) is 6.07 Å². The topological polar surface area (TPSA) is 77.8 Å². The fraction of sp³-hybridized carbons (Fsp3) is 0.152. The number of amides is 1. The van der Waals surface area contributed by atoms with Crippen molar-refractivity contribution < 1.29 is 18.7 Å². The predicted octanol–water partition coefficient (Wildman–Crippen LogP) is 8.22. The summed E-state index contributed by atoms with van der Waals surface area (Å²) in [6, 6.07) is 28.9. The Hall–Kier alpha value is -4.55. The van der Waals surface area contributed by atoms with E-state index in [4.69, 9.17) is 25.5 Å². The van der Waals surface area contributed by atoms with Crippen molar-refractivity contribution in [2.75, 3.05) is 11.9 Å². The average Bonchev–Trinajstić information content (AvgIpc) is 2.94. The standard InChI is InChI=1S/C33H28ClNO5/c1-33(2,3)22-11-9-21(10-12-22)31-32(30(37)27-19-23(34)13-18-28(27)40-31)38-20-29(36)35-24-14-16-26(17-15-24)39-25-7-5-4-6-8-25/h4-19H,20H2,1-3H3,(H,35,36). The number of para-hydroxylation sites is 1. The van der Waals surface area contributed by atoms with Crippen molar-refractivity contribution in [2.24, 2.45) is 0 Å². The number of halogens is 1. The summed E-state index contributed by atoms with van der Waals surface area (Å²) in [4.78, 5) is 26.2. The predicted molar refractivity (Wildman–Crippen MR) is 159 cm³/mol. The van der Waals surface area contributed by atoms with Crippen LogP contribution in [0.5, 0.6) is 17.2 Å². The Kier molecular flexibility index (Phi) is 7.63. The lowest BCUT2D eigenvalue weighted by molar-refractivity contribution is -0.118. The number of ether oxygens (including phenoxy) is 2. The summed E-state index contributed by atoms with van der Waals surface area (Å²) in [5.74, 6) is 1.11. The molecule has 0 saturated carbocycles. The van der Waals surface area contributed by atoms with Crippen molar-refractivity contribution in [3.63, 3.8) is 0 Å². The van der Waals surface area contributed by atoms with Crippen LogP contribution in [-0.2, 0) is 10.2 Å². The van der Waals surface area contributed by atoms with Gasteiger partial charge in [-0.15, -0.1) is 0 Å². The first kappa shape index (κ1) is 27.0. The smallest absolute Gasteiger partial charge is 0.262 e. The molecule has 1 heterocycles. The van der Waals surface area contributed by atoms with Crippen LogP contribution in [0.3, 0.4) is 0 Å². The van der Waals surface area contributed by atoms with Crippen molar-refractivity contribution in [2.45, 2.75) is 26.2 Å². The minimum atomic E-state index is -0.434. The molecule has 0 radical (unpaired) electrons. The van der Waals surface area contributed by atoms with E-state index >= 15 is 0 Å². The van der Waals surface area contributed by atoms with Gasteiger partial charge in [0.05, 0.1) is 5.39 Å². The van der Waals surface area contributed by atoms with E-state index in [1.807, 2.05) is 54.6 Å². The molecule has 40 heavy (non-hydrogen) atoms. The van der Waals surface area contributed by atoms with Crippen LogP contribution < -0.4 is 20.2 Å². The molecule has 0 aliphatic rings. The number of rotatable bonds is 7. The second-order valence-corrected chi connectivity index (χ2v) is 10.8. The third kappa shape index (κ3) is 6.19. The van der Waals surface area contributed by atoms with Crippen molar-refractivity contribution >= 4 is 34.2 Å². The molecule has 1 aromatic heterocycles. The molecule has 0 aliphatic carbocycles. The fourth-order valence-electron chi connectivity index (χ4n) is 4.16. The van der Waals surface area contributed by atoms with Gasteiger partial charge in [-0.1, -0.05) is 74.8 Å². The Labute approximate surface area is 237 Å². The van der Waals surface area contributed by atoms with Gasteiger partial charge in [0.1, 0.15) is 17.1 Å². The van der Waals surface area contributed by atoms with Crippen LogP contribution in [0.2, 0.25) is 5.02 Å². The highest BCUT2D eigenvalue weighted by atomic mass is 35.5. The average molecular weight is 554 g/mol. The van der Waals surface area contributed by atoms with Crippen molar-refractivity contribution in [3.05, 3.63) is 118 Å². The lowest BCUT2D eigenvalue weighted by atomic mass is 9.86. The van der Waals surface area contributed by atoms with Gasteiger partial charge < -0.3 is 19.2 Å². The third-order valence-corrected chi connectivity index (χ3v) is 6.52. The Morgan fingerprint density at radius 2 is 1.55 bits per heavy atom. The van der Waals surface area contributed by atoms with Gasteiger partial charge in [0.15, 0.2) is 12.4 Å². The van der Waals surface area contributed by atoms with E-state index in [0.717, 1.165) is 5.56 Å². The summed E-state index contributed by atoms with van der Waals surface area (Å²) in [6.07, 6.45) is 0. The zero-order chi connectivity index (χ0) is 28.3. The molecule has 6 nitrogen and oxygen atoms in total. The van der Waals surface area contributed by atoms with Crippen molar-refractivity contribution in [1.82, 2.24) is 0 Å². The van der Waals surface area contributed by atoms with Crippen molar-refractivity contribution in [3.8, 4) is 28.6 Å². The second kappa shape index (κ2) is 11.3. The molecule has 4 aromatic carbocycles. The van der Waals surface area contributed by atoms with E-state index in [9.17, 15) is 9.59 Å². The molecule has 7 heteroatoms. The number of carbonyl (C=O) groups excluding carboxylic acids is 1. The summed E-state index contributed by atoms with van der Waals surface area (Å²) in [6.45, 7) is 5.98. The second-order valence-electron chi connectivity index (χ2n) is 10.3. The van der Waals surface area contributed by atoms with Crippen molar-refractivity contribution in [1.29, 1.82) is 0 Å². The Morgan fingerprint density at radius 1 is 0.875 bits per heavy atom. The summed E-state index contributed by atoms with van der Waals surface area (Å²) < 4.78 is 17.7. The van der Waals surface area contributed by atoms with E-state index < -0.39 is 17.9 Å². The Morgan fingerprint density at radius 3 is 2.23 bits per heavy atom. The van der Waals surface area contributed by atoms with Crippen LogP contribution in [0.15, 0.2) is 106 Å².